The molecule has 1 atom stereocenters. The number of Topliss-reactive ketones (excluding diaryl/α,β-unsaturated/α-hetero) is 1. The fourth-order valence-electron chi connectivity index (χ4n) is 2.24. The Bertz CT molecular complexity index is 583. The van der Waals surface area contributed by atoms with E-state index in [9.17, 15) is 9.18 Å². The van der Waals surface area contributed by atoms with Crippen molar-refractivity contribution in [3.05, 3.63) is 65.7 Å². The molecule has 0 aliphatic heterocycles. The van der Waals surface area contributed by atoms with E-state index >= 15 is 0 Å². The number of likely N-dealkylation sites (N-methyl/N-ethyl adjacent to an activating group) is 1. The van der Waals surface area contributed by atoms with Crippen LogP contribution in [-0.2, 0) is 6.54 Å². The predicted octanol–water partition coefficient (Wildman–Crippen LogP) is 3.31. The van der Waals surface area contributed by atoms with Crippen molar-refractivity contribution in [1.29, 1.82) is 0 Å². The number of nitrogens with zero attached hydrogens (tertiary/aromatic N) is 2. The summed E-state index contributed by atoms with van der Waals surface area (Å²) in [6, 6.07) is 11.2. The maximum Gasteiger partial charge on any atom is 0.179 e. The normalized spacial score (nSPS) is 12.4. The van der Waals surface area contributed by atoms with Gasteiger partial charge < -0.3 is 0 Å². The average molecular weight is 286 g/mol. The number of hydrogen-bond acceptors (Lipinski definition) is 3. The van der Waals surface area contributed by atoms with Crippen molar-refractivity contribution in [2.75, 3.05) is 6.54 Å². The van der Waals surface area contributed by atoms with E-state index in [0.29, 0.717) is 12.1 Å². The van der Waals surface area contributed by atoms with Gasteiger partial charge in [0, 0.05) is 18.3 Å². The summed E-state index contributed by atoms with van der Waals surface area (Å²) in [4.78, 5) is 18.8. The zero-order chi connectivity index (χ0) is 15.2. The fourth-order valence-corrected chi connectivity index (χ4v) is 2.24. The second-order valence-electron chi connectivity index (χ2n) is 4.93. The third kappa shape index (κ3) is 3.95. The van der Waals surface area contributed by atoms with Crippen LogP contribution in [0.1, 0.15) is 29.9 Å². The van der Waals surface area contributed by atoms with Crippen LogP contribution in [0.5, 0.6) is 0 Å². The second kappa shape index (κ2) is 7.09. The average Bonchev–Trinajstić information content (AvgIpc) is 2.53. The Kier molecular flexibility index (Phi) is 5.17. The van der Waals surface area contributed by atoms with E-state index in [4.69, 9.17) is 0 Å². The number of rotatable bonds is 6. The summed E-state index contributed by atoms with van der Waals surface area (Å²) in [5.41, 5.74) is 1.46. The van der Waals surface area contributed by atoms with Crippen molar-refractivity contribution in [2.45, 2.75) is 26.4 Å². The molecule has 1 aromatic heterocycles. The molecule has 2 aromatic rings. The first-order chi connectivity index (χ1) is 10.1. The lowest BCUT2D eigenvalue weighted by atomic mass is 10.0. The minimum absolute atomic E-state index is 0.00668. The number of aromatic nitrogens is 1. The molecule has 0 aliphatic rings. The SMILES string of the molecule is CCN(Cc1ccccn1)C(C)C(=O)c1ccc(F)cc1. The van der Waals surface area contributed by atoms with Crippen molar-refractivity contribution >= 4 is 5.78 Å². The molecule has 0 fully saturated rings. The number of halogens is 1. The molecule has 21 heavy (non-hydrogen) atoms. The van der Waals surface area contributed by atoms with Crippen LogP contribution in [0.3, 0.4) is 0 Å². The minimum Gasteiger partial charge on any atom is -0.292 e. The molecule has 110 valence electrons. The van der Waals surface area contributed by atoms with Crippen molar-refractivity contribution < 1.29 is 9.18 Å². The quantitative estimate of drug-likeness (QED) is 0.764. The summed E-state index contributed by atoms with van der Waals surface area (Å²) < 4.78 is 12.9. The Morgan fingerprint density at radius 2 is 1.95 bits per heavy atom. The molecule has 0 spiro atoms. The van der Waals surface area contributed by atoms with Gasteiger partial charge in [0.2, 0.25) is 0 Å². The monoisotopic (exact) mass is 286 g/mol. The summed E-state index contributed by atoms with van der Waals surface area (Å²) in [5, 5.41) is 0. The van der Waals surface area contributed by atoms with E-state index in [-0.39, 0.29) is 17.6 Å². The van der Waals surface area contributed by atoms with Gasteiger partial charge in [-0.15, -0.1) is 0 Å². The van der Waals surface area contributed by atoms with Gasteiger partial charge in [-0.25, -0.2) is 4.39 Å². The Hall–Kier alpha value is -2.07. The van der Waals surface area contributed by atoms with Crippen LogP contribution in [-0.4, -0.2) is 28.3 Å². The molecule has 0 saturated heterocycles. The minimum atomic E-state index is -0.333. The molecule has 1 unspecified atom stereocenters. The third-order valence-electron chi connectivity index (χ3n) is 3.55. The lowest BCUT2D eigenvalue weighted by Crippen LogP contribution is -2.38. The number of pyridine rings is 1. The molecule has 0 aliphatic carbocycles. The smallest absolute Gasteiger partial charge is 0.179 e. The van der Waals surface area contributed by atoms with Crippen molar-refractivity contribution in [2.24, 2.45) is 0 Å². The first-order valence-electron chi connectivity index (χ1n) is 7.05. The van der Waals surface area contributed by atoms with Gasteiger partial charge >= 0.3 is 0 Å². The standard InChI is InChI=1S/C17H19FN2O/c1-3-20(12-16-6-4-5-11-19-16)13(2)17(21)14-7-9-15(18)10-8-14/h4-11,13H,3,12H2,1-2H3. The van der Waals surface area contributed by atoms with Gasteiger partial charge in [-0.3, -0.25) is 14.7 Å². The van der Waals surface area contributed by atoms with Gasteiger partial charge in [-0.2, -0.15) is 0 Å². The highest BCUT2D eigenvalue weighted by Crippen LogP contribution is 2.12. The van der Waals surface area contributed by atoms with E-state index in [1.807, 2.05) is 36.9 Å². The lowest BCUT2D eigenvalue weighted by molar-refractivity contribution is 0.0834. The van der Waals surface area contributed by atoms with Crippen molar-refractivity contribution in [3.63, 3.8) is 0 Å². The van der Waals surface area contributed by atoms with Gasteiger partial charge in [0.1, 0.15) is 5.82 Å². The van der Waals surface area contributed by atoms with E-state index < -0.39 is 0 Å². The molecule has 0 radical (unpaired) electrons. The second-order valence-corrected chi connectivity index (χ2v) is 4.93. The highest BCUT2D eigenvalue weighted by Gasteiger charge is 2.21. The number of ketones is 1. The van der Waals surface area contributed by atoms with Crippen molar-refractivity contribution in [1.82, 2.24) is 9.88 Å². The van der Waals surface area contributed by atoms with Crippen molar-refractivity contribution in [3.8, 4) is 0 Å². The van der Waals surface area contributed by atoms with E-state index in [1.165, 1.54) is 24.3 Å². The number of benzene rings is 1. The largest absolute Gasteiger partial charge is 0.292 e. The van der Waals surface area contributed by atoms with Crippen LogP contribution in [0.15, 0.2) is 48.7 Å². The summed E-state index contributed by atoms with van der Waals surface area (Å²) >= 11 is 0. The van der Waals surface area contributed by atoms with Crippen LogP contribution >= 0.6 is 0 Å². The summed E-state index contributed by atoms with van der Waals surface area (Å²) in [6.45, 7) is 5.24. The van der Waals surface area contributed by atoms with E-state index in [2.05, 4.69) is 4.98 Å². The molecular weight excluding hydrogens is 267 g/mol. The molecule has 1 heterocycles. The molecule has 0 N–H and O–H groups in total. The Morgan fingerprint density at radius 1 is 1.24 bits per heavy atom. The first kappa shape index (κ1) is 15.3. The molecule has 0 amide bonds. The van der Waals surface area contributed by atoms with Gasteiger partial charge in [-0.1, -0.05) is 13.0 Å². The molecule has 0 bridgehead atoms. The predicted molar refractivity (Wildman–Crippen MR) is 80.5 cm³/mol. The maximum atomic E-state index is 12.9. The van der Waals surface area contributed by atoms with Gasteiger partial charge in [0.15, 0.2) is 5.78 Å². The maximum absolute atomic E-state index is 12.9. The first-order valence-corrected chi connectivity index (χ1v) is 7.05. The van der Waals surface area contributed by atoms with E-state index in [1.54, 1.807) is 6.20 Å². The fraction of sp³-hybridized carbons (Fsp3) is 0.294. The molecule has 4 heteroatoms. The molecule has 2 rings (SSSR count). The lowest BCUT2D eigenvalue weighted by Gasteiger charge is -2.26. The zero-order valence-electron chi connectivity index (χ0n) is 12.3. The number of carbonyl (C=O) groups excluding carboxylic acids is 1. The van der Waals surface area contributed by atoms with Gasteiger partial charge in [0.05, 0.1) is 11.7 Å². The number of hydrogen-bond donors (Lipinski definition) is 0. The zero-order valence-corrected chi connectivity index (χ0v) is 12.3. The van der Waals surface area contributed by atoms with Crippen LogP contribution in [0.4, 0.5) is 4.39 Å². The van der Waals surface area contributed by atoms with Crippen LogP contribution in [0.2, 0.25) is 0 Å². The van der Waals surface area contributed by atoms with E-state index in [0.717, 1.165) is 12.2 Å². The number of carbonyl (C=O) groups is 1. The molecule has 1 aromatic carbocycles. The van der Waals surface area contributed by atoms with Crippen LogP contribution in [0, 0.1) is 5.82 Å². The van der Waals surface area contributed by atoms with Crippen LogP contribution < -0.4 is 0 Å². The topological polar surface area (TPSA) is 33.2 Å². The Labute approximate surface area is 124 Å². The van der Waals surface area contributed by atoms with Gasteiger partial charge in [0.25, 0.3) is 0 Å². The summed E-state index contributed by atoms with van der Waals surface area (Å²) in [6.07, 6.45) is 1.75. The summed E-state index contributed by atoms with van der Waals surface area (Å²) in [7, 11) is 0. The van der Waals surface area contributed by atoms with Crippen LogP contribution in [0.25, 0.3) is 0 Å². The molecular formula is C17H19FN2O. The van der Waals surface area contributed by atoms with Gasteiger partial charge in [-0.05, 0) is 49.9 Å². The highest BCUT2D eigenvalue weighted by molar-refractivity contribution is 5.99. The molecule has 0 saturated carbocycles. The Balaban J connectivity index is 2.10. The highest BCUT2D eigenvalue weighted by atomic mass is 19.1. The summed E-state index contributed by atoms with van der Waals surface area (Å²) in [5.74, 6) is -0.340. The molecule has 3 nitrogen and oxygen atoms in total. The third-order valence-corrected chi connectivity index (χ3v) is 3.55. The Morgan fingerprint density at radius 3 is 2.52 bits per heavy atom.